The van der Waals surface area contributed by atoms with Crippen LogP contribution in [0.1, 0.15) is 36.6 Å². The predicted molar refractivity (Wildman–Crippen MR) is 125 cm³/mol. The third kappa shape index (κ3) is 4.94. The highest BCUT2D eigenvalue weighted by molar-refractivity contribution is 7.09. The zero-order valence-electron chi connectivity index (χ0n) is 17.7. The van der Waals surface area contributed by atoms with Crippen molar-refractivity contribution in [3.8, 4) is 11.3 Å². The maximum absolute atomic E-state index is 12.9. The lowest BCUT2D eigenvalue weighted by atomic mass is 10.0. The van der Waals surface area contributed by atoms with Crippen LogP contribution in [0.4, 0.5) is 0 Å². The summed E-state index contributed by atoms with van der Waals surface area (Å²) in [5, 5.41) is 9.50. The van der Waals surface area contributed by atoms with Gasteiger partial charge in [-0.05, 0) is 35.4 Å². The minimum atomic E-state index is -0.147. The van der Waals surface area contributed by atoms with Crippen LogP contribution in [-0.2, 0) is 17.8 Å². The van der Waals surface area contributed by atoms with E-state index in [1.807, 2.05) is 29.6 Å². The fraction of sp³-hybridized carbons (Fsp3) is 0.292. The number of amides is 1. The first-order valence-electron chi connectivity index (χ1n) is 10.5. The molecule has 6 nitrogen and oxygen atoms in total. The summed E-state index contributed by atoms with van der Waals surface area (Å²) < 4.78 is 3.17. The largest absolute Gasteiger partial charge is 0.356 e. The zero-order chi connectivity index (χ0) is 21.8. The monoisotopic (exact) mass is 434 g/mol. The maximum atomic E-state index is 12.9. The van der Waals surface area contributed by atoms with Gasteiger partial charge in [0.1, 0.15) is 5.52 Å². The molecule has 0 aliphatic carbocycles. The molecule has 3 heterocycles. The summed E-state index contributed by atoms with van der Waals surface area (Å²) in [6, 6.07) is 14.1. The number of carbonyl (C=O) groups is 1. The van der Waals surface area contributed by atoms with Crippen LogP contribution in [-0.4, -0.2) is 26.6 Å². The second-order valence-electron chi connectivity index (χ2n) is 7.86. The lowest BCUT2D eigenvalue weighted by molar-refractivity contribution is -0.121. The third-order valence-corrected chi connectivity index (χ3v) is 6.27. The molecular formula is C24H26N4O2S. The van der Waals surface area contributed by atoms with Gasteiger partial charge in [-0.2, -0.15) is 5.10 Å². The Balaban J connectivity index is 1.41. The maximum Gasteiger partial charge on any atom is 0.276 e. The SMILES string of the molecule is CC(C)c1ccc(-c2cc3c(=O)n(CCC(=O)NCCc4cccs4)ccn3n2)cc1. The third-order valence-electron chi connectivity index (χ3n) is 5.33. The minimum Gasteiger partial charge on any atom is -0.356 e. The van der Waals surface area contributed by atoms with Gasteiger partial charge >= 0.3 is 0 Å². The van der Waals surface area contributed by atoms with Gasteiger partial charge in [0.05, 0.1) is 5.69 Å². The number of thiophene rings is 1. The zero-order valence-corrected chi connectivity index (χ0v) is 18.6. The Kier molecular flexibility index (Phi) is 6.32. The highest BCUT2D eigenvalue weighted by atomic mass is 32.1. The van der Waals surface area contributed by atoms with Crippen molar-refractivity contribution in [1.82, 2.24) is 19.5 Å². The van der Waals surface area contributed by atoms with Crippen molar-refractivity contribution in [2.24, 2.45) is 0 Å². The molecule has 7 heteroatoms. The normalized spacial score (nSPS) is 11.3. The first-order chi connectivity index (χ1) is 15.0. The van der Waals surface area contributed by atoms with E-state index in [9.17, 15) is 9.59 Å². The number of hydrogen-bond acceptors (Lipinski definition) is 4. The number of hydrogen-bond donors (Lipinski definition) is 1. The molecule has 160 valence electrons. The van der Waals surface area contributed by atoms with E-state index in [-0.39, 0.29) is 17.9 Å². The van der Waals surface area contributed by atoms with Crippen LogP contribution in [0.3, 0.4) is 0 Å². The highest BCUT2D eigenvalue weighted by Crippen LogP contribution is 2.22. The number of aromatic nitrogens is 3. The molecule has 3 aromatic heterocycles. The summed E-state index contributed by atoms with van der Waals surface area (Å²) >= 11 is 1.68. The molecule has 4 rings (SSSR count). The molecule has 0 saturated heterocycles. The number of carbonyl (C=O) groups excluding carboxylic acids is 1. The average molecular weight is 435 g/mol. The van der Waals surface area contributed by atoms with E-state index in [2.05, 4.69) is 42.5 Å². The van der Waals surface area contributed by atoms with Gasteiger partial charge in [0.25, 0.3) is 5.56 Å². The van der Waals surface area contributed by atoms with E-state index in [0.717, 1.165) is 17.7 Å². The summed E-state index contributed by atoms with van der Waals surface area (Å²) in [5.74, 6) is 0.415. The van der Waals surface area contributed by atoms with Crippen molar-refractivity contribution in [2.45, 2.75) is 39.2 Å². The van der Waals surface area contributed by atoms with Gasteiger partial charge < -0.3 is 9.88 Å². The smallest absolute Gasteiger partial charge is 0.276 e. The summed E-state index contributed by atoms with van der Waals surface area (Å²) in [6.45, 7) is 5.26. The Hall–Kier alpha value is -3.19. The average Bonchev–Trinajstić information content (AvgIpc) is 3.43. The molecule has 1 aromatic carbocycles. The molecule has 0 spiro atoms. The Morgan fingerprint density at radius 2 is 1.97 bits per heavy atom. The van der Waals surface area contributed by atoms with Crippen molar-refractivity contribution in [2.75, 3.05) is 6.54 Å². The molecule has 0 saturated carbocycles. The van der Waals surface area contributed by atoms with Gasteiger partial charge in [-0.1, -0.05) is 44.2 Å². The molecule has 0 radical (unpaired) electrons. The van der Waals surface area contributed by atoms with E-state index in [0.29, 0.717) is 24.5 Å². The molecule has 0 atom stereocenters. The van der Waals surface area contributed by atoms with Gasteiger partial charge in [0, 0.05) is 42.3 Å². The fourth-order valence-corrected chi connectivity index (χ4v) is 4.18. The topological polar surface area (TPSA) is 68.4 Å². The van der Waals surface area contributed by atoms with Crippen LogP contribution < -0.4 is 10.9 Å². The lowest BCUT2D eigenvalue weighted by Gasteiger charge is -2.07. The van der Waals surface area contributed by atoms with Crippen LogP contribution in [0.15, 0.2) is 65.0 Å². The first-order valence-corrected chi connectivity index (χ1v) is 11.4. The van der Waals surface area contributed by atoms with Crippen LogP contribution in [0.2, 0.25) is 0 Å². The van der Waals surface area contributed by atoms with E-state index in [1.165, 1.54) is 10.4 Å². The molecular weight excluding hydrogens is 408 g/mol. The molecule has 0 fully saturated rings. The van der Waals surface area contributed by atoms with Crippen LogP contribution >= 0.6 is 11.3 Å². The van der Waals surface area contributed by atoms with Crippen molar-refractivity contribution in [1.29, 1.82) is 0 Å². The van der Waals surface area contributed by atoms with Crippen molar-refractivity contribution in [3.63, 3.8) is 0 Å². The van der Waals surface area contributed by atoms with E-state index in [1.54, 1.807) is 32.8 Å². The van der Waals surface area contributed by atoms with E-state index < -0.39 is 0 Å². The second kappa shape index (κ2) is 9.31. The van der Waals surface area contributed by atoms with Crippen molar-refractivity contribution >= 4 is 22.8 Å². The number of aryl methyl sites for hydroxylation is 1. The van der Waals surface area contributed by atoms with Crippen molar-refractivity contribution in [3.05, 3.63) is 81.0 Å². The van der Waals surface area contributed by atoms with Gasteiger partial charge in [-0.25, -0.2) is 4.52 Å². The minimum absolute atomic E-state index is 0.0530. The Bertz CT molecular complexity index is 1220. The number of nitrogens with one attached hydrogen (secondary N) is 1. The Labute approximate surface area is 185 Å². The Morgan fingerprint density at radius 3 is 2.68 bits per heavy atom. The van der Waals surface area contributed by atoms with Crippen LogP contribution in [0, 0.1) is 0 Å². The molecule has 0 unspecified atom stereocenters. The first kappa shape index (κ1) is 21.1. The molecule has 1 N–H and O–H groups in total. The summed E-state index contributed by atoms with van der Waals surface area (Å²) in [4.78, 5) is 26.3. The summed E-state index contributed by atoms with van der Waals surface area (Å²) in [6.07, 6.45) is 4.54. The summed E-state index contributed by atoms with van der Waals surface area (Å²) in [5.41, 5.74) is 3.36. The predicted octanol–water partition coefficient (Wildman–Crippen LogP) is 4.10. The van der Waals surface area contributed by atoms with Gasteiger partial charge in [-0.3, -0.25) is 9.59 Å². The van der Waals surface area contributed by atoms with Gasteiger partial charge in [-0.15, -0.1) is 11.3 Å². The van der Waals surface area contributed by atoms with Crippen LogP contribution in [0.25, 0.3) is 16.8 Å². The summed E-state index contributed by atoms with van der Waals surface area (Å²) in [7, 11) is 0. The molecule has 0 aliphatic heterocycles. The fourth-order valence-electron chi connectivity index (χ4n) is 3.47. The van der Waals surface area contributed by atoms with Crippen LogP contribution in [0.5, 0.6) is 0 Å². The number of benzene rings is 1. The van der Waals surface area contributed by atoms with Crippen molar-refractivity contribution < 1.29 is 4.79 Å². The number of nitrogens with zero attached hydrogens (tertiary/aromatic N) is 3. The number of fused-ring (bicyclic) bond motifs is 1. The van der Waals surface area contributed by atoms with Gasteiger partial charge in [0.15, 0.2) is 0 Å². The molecule has 1 amide bonds. The Morgan fingerprint density at radius 1 is 1.16 bits per heavy atom. The number of rotatable bonds is 8. The lowest BCUT2D eigenvalue weighted by Crippen LogP contribution is -2.29. The highest BCUT2D eigenvalue weighted by Gasteiger charge is 2.11. The molecule has 0 bridgehead atoms. The standard InChI is InChI=1S/C24H26N4O2S/c1-17(2)18-5-7-19(8-6-18)21-16-22-24(30)27(13-14-28(22)26-21)12-10-23(29)25-11-9-20-4-3-15-31-20/h3-8,13-17H,9-12H2,1-2H3,(H,25,29). The van der Waals surface area contributed by atoms with Gasteiger partial charge in [0.2, 0.25) is 5.91 Å². The molecule has 0 aliphatic rings. The van der Waals surface area contributed by atoms with E-state index >= 15 is 0 Å². The second-order valence-corrected chi connectivity index (χ2v) is 8.89. The molecule has 4 aromatic rings. The van der Waals surface area contributed by atoms with E-state index in [4.69, 9.17) is 0 Å². The quantitative estimate of drug-likeness (QED) is 0.454. The molecule has 31 heavy (non-hydrogen) atoms.